The van der Waals surface area contributed by atoms with E-state index in [0.717, 1.165) is 0 Å². The summed E-state index contributed by atoms with van der Waals surface area (Å²) in [4.78, 5) is 4.73. The van der Waals surface area contributed by atoms with Crippen LogP contribution in [0.2, 0.25) is 0 Å². The molecule has 2 nitrogen and oxygen atoms in total. The lowest BCUT2D eigenvalue weighted by molar-refractivity contribution is 0.648. The van der Waals surface area contributed by atoms with Crippen LogP contribution in [-0.2, 0) is 0 Å². The molecule has 0 saturated carbocycles. The Morgan fingerprint density at radius 3 is 3.20 bits per heavy atom. The number of aromatic nitrogens is 1. The van der Waals surface area contributed by atoms with Gasteiger partial charge in [-0.05, 0) is 18.6 Å². The first-order chi connectivity index (χ1) is 7.31. The molecule has 0 amide bonds. The van der Waals surface area contributed by atoms with Crippen LogP contribution in [0.5, 0.6) is 0 Å². The van der Waals surface area contributed by atoms with E-state index in [1.54, 1.807) is 0 Å². The molecule has 0 aromatic carbocycles. The summed E-state index contributed by atoms with van der Waals surface area (Å²) in [5.74, 6) is 3.69. The van der Waals surface area contributed by atoms with Crippen LogP contribution in [0.4, 0.5) is 0 Å². The summed E-state index contributed by atoms with van der Waals surface area (Å²) >= 11 is 3.88. The van der Waals surface area contributed by atoms with Gasteiger partial charge in [0.15, 0.2) is 0 Å². The van der Waals surface area contributed by atoms with Gasteiger partial charge in [-0.15, -0.1) is 11.3 Å². The van der Waals surface area contributed by atoms with E-state index in [9.17, 15) is 0 Å². The van der Waals surface area contributed by atoms with Crippen LogP contribution in [0.15, 0.2) is 5.38 Å². The van der Waals surface area contributed by atoms with Gasteiger partial charge < -0.3 is 5.73 Å². The maximum atomic E-state index is 5.65. The third-order valence-electron chi connectivity index (χ3n) is 2.91. The van der Waals surface area contributed by atoms with E-state index in [1.807, 2.05) is 11.3 Å². The summed E-state index contributed by atoms with van der Waals surface area (Å²) in [6, 6.07) is 0. The quantitative estimate of drug-likeness (QED) is 0.886. The Bertz CT molecular complexity index is 305. The lowest BCUT2D eigenvalue weighted by Crippen LogP contribution is -2.11. The number of hydrogen-bond donors (Lipinski definition) is 1. The molecule has 1 fully saturated rings. The van der Waals surface area contributed by atoms with Crippen molar-refractivity contribution in [3.05, 3.63) is 16.1 Å². The first kappa shape index (κ1) is 11.4. The Morgan fingerprint density at radius 2 is 2.53 bits per heavy atom. The minimum Gasteiger partial charge on any atom is -0.330 e. The van der Waals surface area contributed by atoms with Gasteiger partial charge in [0, 0.05) is 29.5 Å². The lowest BCUT2D eigenvalue weighted by Gasteiger charge is -2.18. The summed E-state index contributed by atoms with van der Waals surface area (Å²) in [5.41, 5.74) is 6.84. The fourth-order valence-corrected chi connectivity index (χ4v) is 4.10. The average molecular weight is 242 g/mol. The van der Waals surface area contributed by atoms with Crippen molar-refractivity contribution < 1.29 is 0 Å². The molecule has 2 N–H and O–H groups in total. The molecule has 1 saturated heterocycles. The standard InChI is InChI=1S/C11H18N2S2/c1-8(5-12)10-7-15-11(13-10)9-3-2-4-14-6-9/h7-9H,2-6,12H2,1H3. The summed E-state index contributed by atoms with van der Waals surface area (Å²) in [5, 5.41) is 3.52. The van der Waals surface area contributed by atoms with Crippen LogP contribution >= 0.6 is 23.1 Å². The van der Waals surface area contributed by atoms with Gasteiger partial charge in [0.1, 0.15) is 0 Å². The van der Waals surface area contributed by atoms with E-state index in [2.05, 4.69) is 24.1 Å². The number of thiazole rings is 1. The van der Waals surface area contributed by atoms with E-state index in [0.29, 0.717) is 18.4 Å². The second kappa shape index (κ2) is 5.32. The highest BCUT2D eigenvalue weighted by Gasteiger charge is 2.19. The monoisotopic (exact) mass is 242 g/mol. The van der Waals surface area contributed by atoms with E-state index in [4.69, 9.17) is 10.7 Å². The highest BCUT2D eigenvalue weighted by Crippen LogP contribution is 2.33. The first-order valence-electron chi connectivity index (χ1n) is 5.54. The van der Waals surface area contributed by atoms with Crippen LogP contribution in [0, 0.1) is 0 Å². The number of rotatable bonds is 3. The van der Waals surface area contributed by atoms with Crippen molar-refractivity contribution in [2.45, 2.75) is 31.6 Å². The van der Waals surface area contributed by atoms with Crippen LogP contribution in [-0.4, -0.2) is 23.0 Å². The zero-order valence-corrected chi connectivity index (χ0v) is 10.7. The van der Waals surface area contributed by atoms with Crippen molar-refractivity contribution in [3.8, 4) is 0 Å². The Morgan fingerprint density at radius 1 is 1.67 bits per heavy atom. The molecule has 15 heavy (non-hydrogen) atoms. The summed E-state index contributed by atoms with van der Waals surface area (Å²) in [7, 11) is 0. The Balaban J connectivity index is 2.05. The van der Waals surface area contributed by atoms with Gasteiger partial charge in [-0.2, -0.15) is 11.8 Å². The third kappa shape index (κ3) is 2.74. The second-order valence-electron chi connectivity index (χ2n) is 4.16. The first-order valence-corrected chi connectivity index (χ1v) is 7.58. The Hall–Kier alpha value is -0.0600. The van der Waals surface area contributed by atoms with Gasteiger partial charge in [-0.1, -0.05) is 6.92 Å². The normalized spacial score (nSPS) is 24.0. The van der Waals surface area contributed by atoms with Crippen LogP contribution in [0.1, 0.15) is 42.3 Å². The van der Waals surface area contributed by atoms with Crippen LogP contribution in [0.25, 0.3) is 0 Å². The van der Waals surface area contributed by atoms with Crippen molar-refractivity contribution in [2.75, 3.05) is 18.1 Å². The average Bonchev–Trinajstić information content (AvgIpc) is 2.78. The molecule has 0 radical (unpaired) electrons. The molecule has 0 spiro atoms. The molecule has 2 unspecified atom stereocenters. The zero-order chi connectivity index (χ0) is 10.7. The van der Waals surface area contributed by atoms with Gasteiger partial charge >= 0.3 is 0 Å². The SMILES string of the molecule is CC(CN)c1csc(C2CCCSC2)n1. The fourth-order valence-electron chi connectivity index (χ4n) is 1.77. The number of hydrogen-bond acceptors (Lipinski definition) is 4. The van der Waals surface area contributed by atoms with E-state index in [1.165, 1.54) is 35.0 Å². The number of nitrogens with two attached hydrogens (primary N) is 1. The molecule has 0 aliphatic carbocycles. The molecule has 2 rings (SSSR count). The molecule has 1 aromatic rings. The second-order valence-corrected chi connectivity index (χ2v) is 6.20. The van der Waals surface area contributed by atoms with Crippen molar-refractivity contribution in [3.63, 3.8) is 0 Å². The molecular weight excluding hydrogens is 224 g/mol. The highest BCUT2D eigenvalue weighted by molar-refractivity contribution is 7.99. The molecule has 4 heteroatoms. The predicted molar refractivity (Wildman–Crippen MR) is 68.9 cm³/mol. The summed E-state index contributed by atoms with van der Waals surface area (Å²) in [6.07, 6.45) is 2.66. The smallest absolute Gasteiger partial charge is 0.0967 e. The van der Waals surface area contributed by atoms with Gasteiger partial charge in [0.25, 0.3) is 0 Å². The molecule has 2 atom stereocenters. The third-order valence-corrected chi connectivity index (χ3v) is 5.15. The minimum absolute atomic E-state index is 0.409. The van der Waals surface area contributed by atoms with Crippen molar-refractivity contribution >= 4 is 23.1 Å². The van der Waals surface area contributed by atoms with Crippen LogP contribution in [0.3, 0.4) is 0 Å². The van der Waals surface area contributed by atoms with E-state index >= 15 is 0 Å². The summed E-state index contributed by atoms with van der Waals surface area (Å²) in [6.45, 7) is 2.84. The minimum atomic E-state index is 0.409. The maximum Gasteiger partial charge on any atom is 0.0967 e. The fraction of sp³-hybridized carbons (Fsp3) is 0.727. The van der Waals surface area contributed by atoms with Gasteiger partial charge in [0.2, 0.25) is 0 Å². The van der Waals surface area contributed by atoms with Crippen LogP contribution < -0.4 is 5.73 Å². The van der Waals surface area contributed by atoms with Crippen molar-refractivity contribution in [1.82, 2.24) is 4.98 Å². The lowest BCUT2D eigenvalue weighted by atomic mass is 10.1. The molecule has 0 bridgehead atoms. The van der Waals surface area contributed by atoms with Gasteiger partial charge in [-0.25, -0.2) is 4.98 Å². The largest absolute Gasteiger partial charge is 0.330 e. The van der Waals surface area contributed by atoms with E-state index in [-0.39, 0.29) is 0 Å². The molecule has 1 aliphatic heterocycles. The molecule has 2 heterocycles. The molecular formula is C11H18N2S2. The molecule has 1 aliphatic rings. The van der Waals surface area contributed by atoms with Gasteiger partial charge in [-0.3, -0.25) is 0 Å². The number of thioether (sulfide) groups is 1. The summed E-state index contributed by atoms with van der Waals surface area (Å²) < 4.78 is 0. The van der Waals surface area contributed by atoms with Gasteiger partial charge in [0.05, 0.1) is 10.7 Å². The highest BCUT2D eigenvalue weighted by atomic mass is 32.2. The maximum absolute atomic E-state index is 5.65. The van der Waals surface area contributed by atoms with Crippen molar-refractivity contribution in [2.24, 2.45) is 5.73 Å². The molecule has 84 valence electrons. The number of nitrogens with zero attached hydrogens (tertiary/aromatic N) is 1. The predicted octanol–water partition coefficient (Wildman–Crippen LogP) is 2.82. The topological polar surface area (TPSA) is 38.9 Å². The molecule has 1 aromatic heterocycles. The Kier molecular flexibility index (Phi) is 4.05. The van der Waals surface area contributed by atoms with Crippen molar-refractivity contribution in [1.29, 1.82) is 0 Å². The Labute approximate surface area is 99.7 Å². The van der Waals surface area contributed by atoms with E-state index < -0.39 is 0 Å². The zero-order valence-electron chi connectivity index (χ0n) is 9.11.